The molecule has 0 N–H and O–H groups in total. The third kappa shape index (κ3) is 6.41. The number of hydrogen-bond acceptors (Lipinski definition) is 0. The average molecular weight is 118 g/mol. The van der Waals surface area contributed by atoms with E-state index in [4.69, 9.17) is 0 Å². The van der Waals surface area contributed by atoms with E-state index >= 15 is 0 Å². The first-order chi connectivity index (χ1) is 3.27. The van der Waals surface area contributed by atoms with Gasteiger partial charge in [-0.25, -0.2) is 0 Å². The molecule has 0 aliphatic heterocycles. The van der Waals surface area contributed by atoms with Crippen LogP contribution in [0.15, 0.2) is 0 Å². The standard InChI is InChI=1S/C5H15BS/c1-4-6-5-7(2)3/h6-7H,4-5H2,1-3H3. The molecular formula is C5H15BS. The van der Waals surface area contributed by atoms with Gasteiger partial charge in [0.05, 0.1) is 0 Å². The van der Waals surface area contributed by atoms with Crippen molar-refractivity contribution in [1.82, 2.24) is 0 Å². The lowest BCUT2D eigenvalue weighted by molar-refractivity contribution is 1.45. The summed E-state index contributed by atoms with van der Waals surface area (Å²) < 4.78 is 0. The van der Waals surface area contributed by atoms with E-state index in [1.54, 1.807) is 0 Å². The van der Waals surface area contributed by atoms with E-state index in [2.05, 4.69) is 19.4 Å². The van der Waals surface area contributed by atoms with Gasteiger partial charge in [-0.05, 0) is 12.5 Å². The molecule has 0 saturated carbocycles. The molecule has 0 aliphatic carbocycles. The van der Waals surface area contributed by atoms with Crippen molar-refractivity contribution in [2.24, 2.45) is 0 Å². The molecule has 0 rings (SSSR count). The van der Waals surface area contributed by atoms with E-state index in [-0.39, 0.29) is 0 Å². The van der Waals surface area contributed by atoms with E-state index in [0.717, 1.165) is 0 Å². The molecule has 0 aromatic carbocycles. The molecule has 0 heterocycles. The molecule has 0 atom stereocenters. The van der Waals surface area contributed by atoms with Crippen molar-refractivity contribution in [2.45, 2.75) is 13.2 Å². The minimum atomic E-state index is 0.394. The minimum Gasteiger partial charge on any atom is -0.266 e. The average Bonchev–Trinajstić information content (AvgIpc) is 1.61. The van der Waals surface area contributed by atoms with Crippen molar-refractivity contribution >= 4 is 18.2 Å². The topological polar surface area (TPSA) is 0 Å². The van der Waals surface area contributed by atoms with Crippen LogP contribution in [0.2, 0.25) is 6.32 Å². The van der Waals surface area contributed by atoms with Crippen LogP contribution in [0.5, 0.6) is 0 Å². The van der Waals surface area contributed by atoms with Gasteiger partial charge in [0, 0.05) is 0 Å². The van der Waals surface area contributed by atoms with E-state index in [9.17, 15) is 0 Å². The summed E-state index contributed by atoms with van der Waals surface area (Å²) in [6.07, 6.45) is 6.04. The summed E-state index contributed by atoms with van der Waals surface area (Å²) in [6, 6.07) is 0. The summed E-state index contributed by atoms with van der Waals surface area (Å²) in [4.78, 5) is 0. The predicted octanol–water partition coefficient (Wildman–Crippen LogP) is 1.08. The Morgan fingerprint density at radius 3 is 2.14 bits per heavy atom. The third-order valence-corrected chi connectivity index (χ3v) is 2.17. The van der Waals surface area contributed by atoms with Crippen LogP contribution in [-0.4, -0.2) is 25.4 Å². The van der Waals surface area contributed by atoms with Gasteiger partial charge in [-0.15, -0.1) is 0 Å². The molecule has 44 valence electrons. The van der Waals surface area contributed by atoms with Gasteiger partial charge < -0.3 is 0 Å². The molecule has 0 fully saturated rings. The highest BCUT2D eigenvalue weighted by molar-refractivity contribution is 8.16. The van der Waals surface area contributed by atoms with Crippen LogP contribution < -0.4 is 0 Å². The van der Waals surface area contributed by atoms with Crippen LogP contribution in [0.4, 0.5) is 0 Å². The van der Waals surface area contributed by atoms with Crippen LogP contribution in [0.3, 0.4) is 0 Å². The van der Waals surface area contributed by atoms with Gasteiger partial charge >= 0.3 is 0 Å². The second kappa shape index (κ2) is 4.57. The second-order valence-corrected chi connectivity index (χ2v) is 4.76. The Kier molecular flexibility index (Phi) is 4.84. The van der Waals surface area contributed by atoms with Gasteiger partial charge in [-0.2, -0.15) is 0 Å². The largest absolute Gasteiger partial charge is 0.266 e. The van der Waals surface area contributed by atoms with Crippen molar-refractivity contribution in [3.05, 3.63) is 0 Å². The number of hydrogen-bond donors (Lipinski definition) is 1. The smallest absolute Gasteiger partial charge is 0.130 e. The van der Waals surface area contributed by atoms with Crippen LogP contribution >= 0.6 is 10.9 Å². The molecule has 0 bridgehead atoms. The molecule has 0 aromatic rings. The lowest BCUT2D eigenvalue weighted by atomic mass is 9.79. The zero-order chi connectivity index (χ0) is 5.70. The predicted molar refractivity (Wildman–Crippen MR) is 43.3 cm³/mol. The van der Waals surface area contributed by atoms with Gasteiger partial charge in [0.25, 0.3) is 0 Å². The molecular weight excluding hydrogens is 103 g/mol. The van der Waals surface area contributed by atoms with Gasteiger partial charge in [-0.1, -0.05) is 18.9 Å². The molecule has 7 heavy (non-hydrogen) atoms. The Balaban J connectivity index is 2.68. The fourth-order valence-electron chi connectivity index (χ4n) is 0.474. The maximum absolute atomic E-state index is 2.34. The molecule has 0 aliphatic rings. The summed E-state index contributed by atoms with van der Waals surface area (Å²) in [5, 5.41) is 0. The third-order valence-electron chi connectivity index (χ3n) is 0.959. The van der Waals surface area contributed by atoms with E-state index < -0.39 is 0 Å². The number of thiol groups is 1. The van der Waals surface area contributed by atoms with Crippen molar-refractivity contribution in [2.75, 3.05) is 18.2 Å². The zero-order valence-corrected chi connectivity index (χ0v) is 6.46. The molecule has 0 spiro atoms. The van der Waals surface area contributed by atoms with Crippen molar-refractivity contribution < 1.29 is 0 Å². The van der Waals surface area contributed by atoms with E-state index in [1.165, 1.54) is 19.3 Å². The highest BCUT2D eigenvalue weighted by Crippen LogP contribution is 2.10. The lowest BCUT2D eigenvalue weighted by Gasteiger charge is -2.03. The fraction of sp³-hybridized carbons (Fsp3) is 1.00. The summed E-state index contributed by atoms with van der Waals surface area (Å²) in [5.41, 5.74) is 1.46. The molecule has 0 radical (unpaired) electrons. The minimum absolute atomic E-state index is 0.394. The first kappa shape index (κ1) is 7.41. The van der Waals surface area contributed by atoms with Crippen molar-refractivity contribution in [3.63, 3.8) is 0 Å². The summed E-state index contributed by atoms with van der Waals surface area (Å²) >= 11 is 0. The maximum Gasteiger partial charge on any atom is 0.130 e. The Morgan fingerprint density at radius 2 is 2.00 bits per heavy atom. The van der Waals surface area contributed by atoms with Crippen molar-refractivity contribution in [1.29, 1.82) is 0 Å². The summed E-state index contributed by atoms with van der Waals surface area (Å²) in [5.74, 6) is 0. The summed E-state index contributed by atoms with van der Waals surface area (Å²) in [7, 11) is 1.82. The van der Waals surface area contributed by atoms with Crippen LogP contribution in [0, 0.1) is 0 Å². The second-order valence-electron chi connectivity index (χ2n) is 2.16. The Morgan fingerprint density at radius 1 is 1.43 bits per heavy atom. The van der Waals surface area contributed by atoms with Gasteiger partial charge in [0.1, 0.15) is 7.28 Å². The summed E-state index contributed by atoms with van der Waals surface area (Å²) in [6.45, 7) is 2.25. The molecule has 2 heteroatoms. The first-order valence-corrected chi connectivity index (χ1v) is 5.34. The Hall–Kier alpha value is 0.415. The van der Waals surface area contributed by atoms with E-state index in [0.29, 0.717) is 10.9 Å². The Bertz CT molecular complexity index is 37.1. The SMILES string of the molecule is CCBC[SH](C)C. The van der Waals surface area contributed by atoms with Crippen LogP contribution in [0.1, 0.15) is 6.92 Å². The zero-order valence-electron chi connectivity index (χ0n) is 5.57. The number of rotatable bonds is 3. The highest BCUT2D eigenvalue weighted by Gasteiger charge is 1.86. The molecule has 0 unspecified atom stereocenters. The van der Waals surface area contributed by atoms with Gasteiger partial charge in [-0.3, -0.25) is 10.9 Å². The normalized spacial score (nSPS) is 11.0. The monoisotopic (exact) mass is 118 g/mol. The van der Waals surface area contributed by atoms with Gasteiger partial charge in [0.15, 0.2) is 0 Å². The molecule has 0 nitrogen and oxygen atoms in total. The van der Waals surface area contributed by atoms with Crippen molar-refractivity contribution in [3.8, 4) is 0 Å². The molecule has 0 saturated heterocycles. The van der Waals surface area contributed by atoms with Gasteiger partial charge in [0.2, 0.25) is 0 Å². The van der Waals surface area contributed by atoms with Crippen LogP contribution in [0.25, 0.3) is 0 Å². The molecule has 0 aromatic heterocycles. The van der Waals surface area contributed by atoms with Crippen LogP contribution in [-0.2, 0) is 0 Å². The first-order valence-electron chi connectivity index (χ1n) is 2.92. The highest BCUT2D eigenvalue weighted by atomic mass is 32.2. The van der Waals surface area contributed by atoms with E-state index in [1.807, 2.05) is 0 Å². The quantitative estimate of drug-likeness (QED) is 0.416. The fourth-order valence-corrected chi connectivity index (χ4v) is 1.42. The maximum atomic E-state index is 2.34. The lowest BCUT2D eigenvalue weighted by Crippen LogP contribution is -1.94. The molecule has 0 amide bonds. The Labute approximate surface area is 50.3 Å².